The highest BCUT2D eigenvalue weighted by atomic mass is 16.6. The Morgan fingerprint density at radius 3 is 2.19 bits per heavy atom. The molecule has 11 heteroatoms. The number of esters is 3. The summed E-state index contributed by atoms with van der Waals surface area (Å²) >= 11 is 0. The average Bonchev–Trinajstić information content (AvgIpc) is 3.88. The topological polar surface area (TPSA) is 144 Å². The van der Waals surface area contributed by atoms with Gasteiger partial charge in [-0.2, -0.15) is 0 Å². The Morgan fingerprint density at radius 2 is 1.57 bits per heavy atom. The van der Waals surface area contributed by atoms with Crippen molar-refractivity contribution in [1.82, 2.24) is 0 Å². The lowest BCUT2D eigenvalue weighted by molar-refractivity contribution is -0.181. The zero-order chi connectivity index (χ0) is 39.1. The van der Waals surface area contributed by atoms with Crippen LogP contribution < -0.4 is 0 Å². The van der Waals surface area contributed by atoms with E-state index in [0.717, 1.165) is 12.3 Å². The number of methoxy groups -OCH3 is 1. The molecule has 6 fully saturated rings. The van der Waals surface area contributed by atoms with Crippen molar-refractivity contribution in [2.75, 3.05) is 20.3 Å². The van der Waals surface area contributed by atoms with Crippen LogP contribution in [0.25, 0.3) is 0 Å². The lowest BCUT2D eigenvalue weighted by Gasteiger charge is -2.47. The van der Waals surface area contributed by atoms with Crippen LogP contribution in [0.1, 0.15) is 127 Å². The number of rotatable bonds is 15. The number of carbonyl (C=O) groups excluding carboxylic acids is 3. The van der Waals surface area contributed by atoms with E-state index in [4.69, 9.17) is 28.4 Å². The van der Waals surface area contributed by atoms with Gasteiger partial charge in [0.05, 0.1) is 47.1 Å². The van der Waals surface area contributed by atoms with E-state index in [0.29, 0.717) is 24.2 Å². The second-order valence-corrected chi connectivity index (χ2v) is 20.6. The Bertz CT molecular complexity index is 1450. The van der Waals surface area contributed by atoms with Crippen LogP contribution in [0.3, 0.4) is 0 Å². The van der Waals surface area contributed by atoms with Gasteiger partial charge in [-0.25, -0.2) is 0 Å². The molecule has 11 nitrogen and oxygen atoms in total. The first-order valence-corrected chi connectivity index (χ1v) is 20.2. The summed E-state index contributed by atoms with van der Waals surface area (Å²) in [6.45, 7) is 19.3. The Hall–Kier alpha value is -2.24. The largest absolute Gasteiger partial charge is 0.481 e. The fourth-order valence-electron chi connectivity index (χ4n) is 12.2. The number of cyclic esters (lactones) is 1. The summed E-state index contributed by atoms with van der Waals surface area (Å²) < 4.78 is 36.7. The molecule has 3 aliphatic carbocycles. The van der Waals surface area contributed by atoms with Gasteiger partial charge in [-0.05, 0) is 136 Å². The highest BCUT2D eigenvalue weighted by Gasteiger charge is 2.67. The predicted molar refractivity (Wildman–Crippen MR) is 194 cm³/mol. The molecular weight excluding hydrogens is 680 g/mol. The van der Waals surface area contributed by atoms with Crippen molar-refractivity contribution in [3.8, 4) is 0 Å². The normalized spacial score (nSPS) is 39.1. The fraction of sp³-hybridized carbons (Fsp3) is 0.905. The number of carboxylic acids is 1. The van der Waals surface area contributed by atoms with Crippen LogP contribution in [0.4, 0.5) is 0 Å². The zero-order valence-electron chi connectivity index (χ0n) is 34.1. The molecule has 1 N–H and O–H groups in total. The summed E-state index contributed by atoms with van der Waals surface area (Å²) in [5.41, 5.74) is -5.38. The van der Waals surface area contributed by atoms with Crippen molar-refractivity contribution >= 4 is 23.9 Å². The Morgan fingerprint density at radius 1 is 0.887 bits per heavy atom. The lowest BCUT2D eigenvalue weighted by atomic mass is 9.61. The van der Waals surface area contributed by atoms with E-state index in [1.54, 1.807) is 14.0 Å². The van der Waals surface area contributed by atoms with Gasteiger partial charge in [-0.3, -0.25) is 19.2 Å². The molecule has 3 aliphatic heterocycles. The van der Waals surface area contributed by atoms with Gasteiger partial charge in [0.25, 0.3) is 0 Å². The maximum absolute atomic E-state index is 14.4. The van der Waals surface area contributed by atoms with E-state index in [-0.39, 0.29) is 50.0 Å². The Labute approximate surface area is 316 Å². The molecule has 14 unspecified atom stereocenters. The molecule has 3 saturated heterocycles. The van der Waals surface area contributed by atoms with E-state index in [1.165, 1.54) is 25.7 Å². The van der Waals surface area contributed by atoms with Gasteiger partial charge in [0.1, 0.15) is 17.8 Å². The highest BCUT2D eigenvalue weighted by Crippen LogP contribution is 2.64. The number of aliphatic carboxylic acids is 1. The molecule has 0 amide bonds. The van der Waals surface area contributed by atoms with Gasteiger partial charge in [-0.1, -0.05) is 20.3 Å². The predicted octanol–water partition coefficient (Wildman–Crippen LogP) is 6.77. The number of fused-ring (bicyclic) bond motifs is 10. The maximum atomic E-state index is 14.4. The molecule has 14 atom stereocenters. The molecule has 6 rings (SSSR count). The quantitative estimate of drug-likeness (QED) is 0.140. The van der Waals surface area contributed by atoms with Crippen molar-refractivity contribution in [1.29, 1.82) is 0 Å². The molecule has 4 bridgehead atoms. The van der Waals surface area contributed by atoms with Crippen LogP contribution in [0.15, 0.2) is 0 Å². The smallest absolute Gasteiger partial charge is 0.312 e. The minimum atomic E-state index is -1.22. The third-order valence-electron chi connectivity index (χ3n) is 14.4. The van der Waals surface area contributed by atoms with Gasteiger partial charge in [0, 0.05) is 13.0 Å². The average molecular weight is 747 g/mol. The van der Waals surface area contributed by atoms with Crippen LogP contribution in [-0.4, -0.2) is 84.9 Å². The van der Waals surface area contributed by atoms with Gasteiger partial charge in [0.2, 0.25) is 0 Å². The van der Waals surface area contributed by atoms with Crippen molar-refractivity contribution in [2.24, 2.45) is 57.2 Å². The molecule has 0 aromatic carbocycles. The second-order valence-electron chi connectivity index (χ2n) is 20.6. The van der Waals surface area contributed by atoms with Crippen LogP contribution in [0.5, 0.6) is 0 Å². The standard InChI is InChI=1S/C42H66O11/c1-12-40(8,34(44)45)21-41(9,36(47)53-37(2,3)4)20-39(7,22-50-42(10)17-23-16-27(42)25-15-13-14-24(23)25)19-38(5,6)35(46)52-32-30-28-26(18-49-33(28)43)29(51-30)31(32)48-11/h23-32H,12-22H2,1-11H3,(H,44,45). The molecule has 3 saturated carbocycles. The molecule has 53 heavy (non-hydrogen) atoms. The minimum Gasteiger partial charge on any atom is -0.481 e. The van der Waals surface area contributed by atoms with Crippen molar-refractivity contribution < 1.29 is 52.7 Å². The number of hydrogen-bond acceptors (Lipinski definition) is 10. The highest BCUT2D eigenvalue weighted by molar-refractivity contribution is 5.80. The molecule has 3 heterocycles. The van der Waals surface area contributed by atoms with Crippen molar-refractivity contribution in [3.05, 3.63) is 0 Å². The van der Waals surface area contributed by atoms with Gasteiger partial charge >= 0.3 is 23.9 Å². The van der Waals surface area contributed by atoms with Crippen LogP contribution >= 0.6 is 0 Å². The second kappa shape index (κ2) is 13.7. The van der Waals surface area contributed by atoms with Crippen molar-refractivity contribution in [2.45, 2.75) is 163 Å². The lowest BCUT2D eigenvalue weighted by Crippen LogP contribution is -2.52. The summed E-state index contributed by atoms with van der Waals surface area (Å²) in [4.78, 5) is 54.0. The molecule has 0 aromatic rings. The van der Waals surface area contributed by atoms with Crippen molar-refractivity contribution in [3.63, 3.8) is 0 Å². The van der Waals surface area contributed by atoms with Gasteiger partial charge < -0.3 is 33.5 Å². The third kappa shape index (κ3) is 7.29. The molecule has 0 spiro atoms. The Kier molecular flexibility index (Phi) is 10.5. The summed E-state index contributed by atoms with van der Waals surface area (Å²) in [6.07, 6.45) is 4.59. The number of carboxylic acid groups (broad SMARTS) is 1. The summed E-state index contributed by atoms with van der Waals surface area (Å²) in [5, 5.41) is 10.4. The van der Waals surface area contributed by atoms with Crippen LogP contribution in [-0.2, 0) is 47.6 Å². The summed E-state index contributed by atoms with van der Waals surface area (Å²) in [6, 6.07) is 0. The van der Waals surface area contributed by atoms with Crippen LogP contribution in [0, 0.1) is 57.2 Å². The van der Waals surface area contributed by atoms with E-state index in [1.807, 2.05) is 48.5 Å². The van der Waals surface area contributed by atoms with E-state index < -0.39 is 75.5 Å². The molecular formula is C42H66O11. The SMILES string of the molecule is CCC(C)(CC(C)(CC(C)(COC1(C)CC2CC1C1CCCC21)CC(C)(C)C(=O)OC1C(OC)C2OC1C1C(=O)OCC21)C(=O)OC(C)(C)C)C(=O)O. The Balaban J connectivity index is 1.29. The number of ether oxygens (including phenoxy) is 6. The molecule has 6 aliphatic rings. The molecule has 0 aromatic heterocycles. The van der Waals surface area contributed by atoms with Gasteiger partial charge in [-0.15, -0.1) is 0 Å². The maximum Gasteiger partial charge on any atom is 0.312 e. The number of carbonyl (C=O) groups is 4. The first kappa shape index (κ1) is 40.4. The first-order chi connectivity index (χ1) is 24.5. The zero-order valence-corrected chi connectivity index (χ0v) is 34.1. The summed E-state index contributed by atoms with van der Waals surface area (Å²) in [5.74, 6) is -0.228. The molecule has 300 valence electrons. The fourth-order valence-corrected chi connectivity index (χ4v) is 12.2. The van der Waals surface area contributed by atoms with E-state index >= 15 is 0 Å². The molecule has 0 radical (unpaired) electrons. The van der Waals surface area contributed by atoms with E-state index in [9.17, 15) is 24.3 Å². The monoisotopic (exact) mass is 746 g/mol. The first-order valence-electron chi connectivity index (χ1n) is 20.2. The number of hydrogen-bond donors (Lipinski definition) is 1. The summed E-state index contributed by atoms with van der Waals surface area (Å²) in [7, 11) is 1.56. The van der Waals surface area contributed by atoms with Gasteiger partial charge in [0.15, 0.2) is 6.10 Å². The van der Waals surface area contributed by atoms with Crippen LogP contribution in [0.2, 0.25) is 0 Å². The van der Waals surface area contributed by atoms with E-state index in [2.05, 4.69) is 13.8 Å². The third-order valence-corrected chi connectivity index (χ3v) is 14.4. The minimum absolute atomic E-state index is 0.0591.